The van der Waals surface area contributed by atoms with Gasteiger partial charge < -0.3 is 9.84 Å². The molecule has 4 nitrogen and oxygen atoms in total. The summed E-state index contributed by atoms with van der Waals surface area (Å²) in [6.07, 6.45) is 0. The molecule has 0 radical (unpaired) electrons. The zero-order chi connectivity index (χ0) is 11.5. The number of nitrogens with one attached hydrogen (secondary N) is 1. The van der Waals surface area contributed by atoms with Crippen LogP contribution >= 0.6 is 0 Å². The van der Waals surface area contributed by atoms with E-state index in [2.05, 4.69) is 15.5 Å². The number of nitrogens with zero attached hydrogens (tertiary/aromatic N) is 2. The van der Waals surface area contributed by atoms with Gasteiger partial charge in [-0.2, -0.15) is 4.98 Å². The van der Waals surface area contributed by atoms with E-state index in [1.165, 1.54) is 12.1 Å². The molecule has 16 heavy (non-hydrogen) atoms. The fourth-order valence-corrected chi connectivity index (χ4v) is 1.41. The Hall–Kier alpha value is -1.91. The molecule has 84 valence electrons. The molecule has 1 aromatic heterocycles. The lowest BCUT2D eigenvalue weighted by atomic mass is 10.2. The first kappa shape index (κ1) is 10.6. The molecule has 0 spiro atoms. The van der Waals surface area contributed by atoms with Crippen molar-refractivity contribution in [2.45, 2.75) is 20.4 Å². The monoisotopic (exact) mass is 221 g/mol. The van der Waals surface area contributed by atoms with E-state index in [9.17, 15) is 4.39 Å². The Morgan fingerprint density at radius 3 is 2.81 bits per heavy atom. The molecule has 2 rings (SSSR count). The minimum absolute atomic E-state index is 0.239. The van der Waals surface area contributed by atoms with Crippen LogP contribution in [-0.2, 0) is 6.54 Å². The number of benzene rings is 1. The Kier molecular flexibility index (Phi) is 2.85. The zero-order valence-corrected chi connectivity index (χ0v) is 9.12. The van der Waals surface area contributed by atoms with E-state index in [1.807, 2.05) is 6.92 Å². The maximum atomic E-state index is 12.8. The largest absolute Gasteiger partial charge is 0.376 e. The molecule has 1 aromatic carbocycles. The van der Waals surface area contributed by atoms with Gasteiger partial charge in [-0.15, -0.1) is 0 Å². The van der Waals surface area contributed by atoms with Crippen molar-refractivity contribution in [3.8, 4) is 0 Å². The lowest BCUT2D eigenvalue weighted by molar-refractivity contribution is 0.379. The normalized spacial score (nSPS) is 10.4. The van der Waals surface area contributed by atoms with Crippen molar-refractivity contribution in [2.24, 2.45) is 0 Å². The Bertz CT molecular complexity index is 496. The number of rotatable bonds is 3. The van der Waals surface area contributed by atoms with Crippen molar-refractivity contribution >= 4 is 5.69 Å². The molecule has 0 aliphatic carbocycles. The van der Waals surface area contributed by atoms with E-state index in [1.54, 1.807) is 13.0 Å². The number of anilines is 1. The van der Waals surface area contributed by atoms with Crippen LogP contribution < -0.4 is 5.32 Å². The summed E-state index contributed by atoms with van der Waals surface area (Å²) in [6, 6.07) is 4.57. The van der Waals surface area contributed by atoms with Crippen molar-refractivity contribution in [3.63, 3.8) is 0 Å². The highest BCUT2D eigenvalue weighted by Gasteiger charge is 2.04. The molecule has 1 N–H and O–H groups in total. The van der Waals surface area contributed by atoms with Crippen LogP contribution in [0.15, 0.2) is 22.7 Å². The summed E-state index contributed by atoms with van der Waals surface area (Å²) in [7, 11) is 0. The predicted molar refractivity (Wildman–Crippen MR) is 57.5 cm³/mol. The molecule has 2 aromatic rings. The van der Waals surface area contributed by atoms with Gasteiger partial charge in [0.2, 0.25) is 5.89 Å². The van der Waals surface area contributed by atoms with E-state index in [4.69, 9.17) is 4.52 Å². The summed E-state index contributed by atoms with van der Waals surface area (Å²) in [5.41, 5.74) is 1.70. The van der Waals surface area contributed by atoms with Crippen LogP contribution in [0.3, 0.4) is 0 Å². The van der Waals surface area contributed by atoms with Gasteiger partial charge in [-0.05, 0) is 37.6 Å². The molecule has 0 bridgehead atoms. The van der Waals surface area contributed by atoms with Gasteiger partial charge in [0, 0.05) is 5.69 Å². The van der Waals surface area contributed by atoms with E-state index in [0.717, 1.165) is 11.3 Å². The zero-order valence-electron chi connectivity index (χ0n) is 9.12. The molecular formula is C11H12FN3O. The van der Waals surface area contributed by atoms with Crippen molar-refractivity contribution < 1.29 is 8.91 Å². The van der Waals surface area contributed by atoms with Gasteiger partial charge in [-0.1, -0.05) is 5.16 Å². The average Bonchev–Trinajstić information content (AvgIpc) is 2.63. The highest BCUT2D eigenvalue weighted by molar-refractivity contribution is 5.50. The van der Waals surface area contributed by atoms with Gasteiger partial charge in [0.1, 0.15) is 5.82 Å². The minimum Gasteiger partial charge on any atom is -0.376 e. The predicted octanol–water partition coefficient (Wildman–Crippen LogP) is 2.44. The molecule has 1 heterocycles. The summed E-state index contributed by atoms with van der Waals surface area (Å²) < 4.78 is 17.8. The second-order valence-electron chi connectivity index (χ2n) is 3.55. The van der Waals surface area contributed by atoms with E-state index < -0.39 is 0 Å². The molecule has 0 atom stereocenters. The van der Waals surface area contributed by atoms with Crippen LogP contribution in [0, 0.1) is 19.7 Å². The average molecular weight is 221 g/mol. The summed E-state index contributed by atoms with van der Waals surface area (Å²) in [6.45, 7) is 4.04. The Morgan fingerprint density at radius 2 is 2.19 bits per heavy atom. The SMILES string of the molecule is Cc1noc(CNc2ccc(F)cc2C)n1. The second-order valence-corrected chi connectivity index (χ2v) is 3.55. The first-order chi connectivity index (χ1) is 7.65. The van der Waals surface area contributed by atoms with Crippen LogP contribution in [0.1, 0.15) is 17.3 Å². The van der Waals surface area contributed by atoms with E-state index in [-0.39, 0.29) is 5.82 Å². The molecule has 0 aliphatic heterocycles. The summed E-state index contributed by atoms with van der Waals surface area (Å²) in [5.74, 6) is 0.880. The number of halogens is 1. The van der Waals surface area contributed by atoms with Gasteiger partial charge in [0.05, 0.1) is 6.54 Å². The third-order valence-electron chi connectivity index (χ3n) is 2.19. The van der Waals surface area contributed by atoms with E-state index in [0.29, 0.717) is 18.3 Å². The maximum Gasteiger partial charge on any atom is 0.245 e. The Morgan fingerprint density at radius 1 is 1.38 bits per heavy atom. The molecule has 0 saturated heterocycles. The second kappa shape index (κ2) is 4.30. The lowest BCUT2D eigenvalue weighted by Gasteiger charge is -2.06. The van der Waals surface area contributed by atoms with Crippen LogP contribution in [0.2, 0.25) is 0 Å². The molecule has 0 aliphatic rings. The smallest absolute Gasteiger partial charge is 0.245 e. The number of aryl methyl sites for hydroxylation is 2. The maximum absolute atomic E-state index is 12.8. The Labute approximate surface area is 92.5 Å². The Balaban J connectivity index is 2.04. The third-order valence-corrected chi connectivity index (χ3v) is 2.19. The number of hydrogen-bond donors (Lipinski definition) is 1. The van der Waals surface area contributed by atoms with Crippen LogP contribution in [0.4, 0.5) is 10.1 Å². The quantitative estimate of drug-likeness (QED) is 0.864. The first-order valence-corrected chi connectivity index (χ1v) is 4.94. The van der Waals surface area contributed by atoms with Crippen molar-refractivity contribution in [1.29, 1.82) is 0 Å². The topological polar surface area (TPSA) is 51.0 Å². The molecule has 0 unspecified atom stereocenters. The van der Waals surface area contributed by atoms with Gasteiger partial charge in [0.15, 0.2) is 5.82 Å². The molecule has 0 amide bonds. The van der Waals surface area contributed by atoms with Gasteiger partial charge in [0.25, 0.3) is 0 Å². The minimum atomic E-state index is -0.239. The van der Waals surface area contributed by atoms with E-state index >= 15 is 0 Å². The van der Waals surface area contributed by atoms with Gasteiger partial charge >= 0.3 is 0 Å². The number of aromatic nitrogens is 2. The molecule has 0 fully saturated rings. The standard InChI is InChI=1S/C11H12FN3O/c1-7-5-9(12)3-4-10(7)13-6-11-14-8(2)15-16-11/h3-5,13H,6H2,1-2H3. The van der Waals surface area contributed by atoms with Gasteiger partial charge in [-0.3, -0.25) is 0 Å². The fourth-order valence-electron chi connectivity index (χ4n) is 1.41. The van der Waals surface area contributed by atoms with Crippen molar-refractivity contribution in [1.82, 2.24) is 10.1 Å². The third kappa shape index (κ3) is 2.36. The summed E-state index contributed by atoms with van der Waals surface area (Å²) in [4.78, 5) is 4.06. The first-order valence-electron chi connectivity index (χ1n) is 4.94. The molecule has 5 heteroatoms. The van der Waals surface area contributed by atoms with Crippen LogP contribution in [-0.4, -0.2) is 10.1 Å². The lowest BCUT2D eigenvalue weighted by Crippen LogP contribution is -2.01. The summed E-state index contributed by atoms with van der Waals surface area (Å²) >= 11 is 0. The van der Waals surface area contributed by atoms with Gasteiger partial charge in [-0.25, -0.2) is 4.39 Å². The molecule has 0 saturated carbocycles. The summed E-state index contributed by atoms with van der Waals surface area (Å²) in [5, 5.41) is 6.79. The van der Waals surface area contributed by atoms with Crippen molar-refractivity contribution in [2.75, 3.05) is 5.32 Å². The van der Waals surface area contributed by atoms with Crippen molar-refractivity contribution in [3.05, 3.63) is 41.3 Å². The fraction of sp³-hybridized carbons (Fsp3) is 0.273. The highest BCUT2D eigenvalue weighted by atomic mass is 19.1. The molecular weight excluding hydrogens is 209 g/mol. The number of hydrogen-bond acceptors (Lipinski definition) is 4. The highest BCUT2D eigenvalue weighted by Crippen LogP contribution is 2.16. The van der Waals surface area contributed by atoms with Crippen LogP contribution in [0.25, 0.3) is 0 Å². The van der Waals surface area contributed by atoms with Crippen LogP contribution in [0.5, 0.6) is 0 Å².